The number of rotatable bonds is 4. The first-order chi connectivity index (χ1) is 7.83. The van der Waals surface area contributed by atoms with Crippen LogP contribution < -0.4 is 9.47 Å². The van der Waals surface area contributed by atoms with Gasteiger partial charge in [0.1, 0.15) is 0 Å². The molecule has 1 heterocycles. The molecular formula is C12H10O4. The van der Waals surface area contributed by atoms with Crippen molar-refractivity contribution in [1.29, 1.82) is 0 Å². The molecule has 0 spiro atoms. The Morgan fingerprint density at radius 1 is 1.12 bits per heavy atom. The number of hydrogen-bond donors (Lipinski definition) is 0. The van der Waals surface area contributed by atoms with E-state index in [1.165, 1.54) is 6.07 Å². The van der Waals surface area contributed by atoms with Crippen LogP contribution in [-0.2, 0) is 0 Å². The predicted octanol–water partition coefficient (Wildman–Crippen LogP) is 2.89. The first-order valence-electron chi connectivity index (χ1n) is 4.69. The van der Waals surface area contributed by atoms with E-state index in [1.54, 1.807) is 25.3 Å². The van der Waals surface area contributed by atoms with Gasteiger partial charge in [0.2, 0.25) is 0 Å². The Morgan fingerprint density at radius 3 is 2.50 bits per heavy atom. The lowest BCUT2D eigenvalue weighted by atomic mass is 10.3. The van der Waals surface area contributed by atoms with Crippen molar-refractivity contribution in [2.45, 2.75) is 0 Å². The summed E-state index contributed by atoms with van der Waals surface area (Å²) < 4.78 is 15.6. The number of methoxy groups -OCH3 is 1. The molecule has 1 aromatic heterocycles. The maximum absolute atomic E-state index is 10.4. The largest absolute Gasteiger partial charge is 0.493 e. The molecule has 0 amide bonds. The Labute approximate surface area is 92.4 Å². The van der Waals surface area contributed by atoms with Crippen LogP contribution >= 0.6 is 0 Å². The number of furan rings is 1. The second kappa shape index (κ2) is 4.53. The number of carbonyl (C=O) groups excluding carboxylic acids is 1. The number of ether oxygens (including phenoxy) is 2. The molecule has 0 aliphatic rings. The van der Waals surface area contributed by atoms with Gasteiger partial charge in [-0.3, -0.25) is 4.79 Å². The van der Waals surface area contributed by atoms with Gasteiger partial charge in [0.25, 0.3) is 5.95 Å². The van der Waals surface area contributed by atoms with E-state index >= 15 is 0 Å². The van der Waals surface area contributed by atoms with E-state index in [0.717, 1.165) is 0 Å². The molecule has 0 saturated heterocycles. The molecule has 0 fully saturated rings. The van der Waals surface area contributed by atoms with Crippen molar-refractivity contribution in [2.24, 2.45) is 0 Å². The van der Waals surface area contributed by atoms with Gasteiger partial charge in [-0.15, -0.1) is 0 Å². The van der Waals surface area contributed by atoms with Crippen molar-refractivity contribution in [1.82, 2.24) is 0 Å². The maximum atomic E-state index is 10.4. The number of aldehydes is 1. The molecule has 2 aromatic rings. The first kappa shape index (κ1) is 10.3. The summed E-state index contributed by atoms with van der Waals surface area (Å²) in [6, 6.07) is 10.3. The van der Waals surface area contributed by atoms with Crippen LogP contribution in [0.1, 0.15) is 10.6 Å². The lowest BCUT2D eigenvalue weighted by Crippen LogP contribution is -1.88. The van der Waals surface area contributed by atoms with Gasteiger partial charge in [0.15, 0.2) is 23.5 Å². The summed E-state index contributed by atoms with van der Waals surface area (Å²) in [5, 5.41) is 0. The highest BCUT2D eigenvalue weighted by atomic mass is 16.6. The second-order valence-corrected chi connectivity index (χ2v) is 3.03. The van der Waals surface area contributed by atoms with Gasteiger partial charge in [-0.25, -0.2) is 0 Å². The minimum atomic E-state index is 0.227. The molecule has 0 unspecified atom stereocenters. The predicted molar refractivity (Wildman–Crippen MR) is 57.2 cm³/mol. The Hall–Kier alpha value is -2.23. The van der Waals surface area contributed by atoms with Crippen LogP contribution in [0.5, 0.6) is 17.4 Å². The Bertz CT molecular complexity index is 487. The zero-order chi connectivity index (χ0) is 11.4. The third-order valence-electron chi connectivity index (χ3n) is 2.00. The zero-order valence-corrected chi connectivity index (χ0v) is 8.67. The molecule has 16 heavy (non-hydrogen) atoms. The lowest BCUT2D eigenvalue weighted by Gasteiger charge is -2.06. The highest BCUT2D eigenvalue weighted by molar-refractivity contribution is 5.70. The van der Waals surface area contributed by atoms with Crippen molar-refractivity contribution < 1.29 is 18.7 Å². The molecule has 0 aliphatic heterocycles. The van der Waals surface area contributed by atoms with E-state index in [9.17, 15) is 4.79 Å². The van der Waals surface area contributed by atoms with Gasteiger partial charge in [-0.1, -0.05) is 12.1 Å². The van der Waals surface area contributed by atoms with E-state index in [0.29, 0.717) is 17.8 Å². The first-order valence-corrected chi connectivity index (χ1v) is 4.69. The summed E-state index contributed by atoms with van der Waals surface area (Å²) >= 11 is 0. The topological polar surface area (TPSA) is 48.7 Å². The van der Waals surface area contributed by atoms with Crippen molar-refractivity contribution in [3.8, 4) is 17.4 Å². The van der Waals surface area contributed by atoms with Crippen LogP contribution in [0.2, 0.25) is 0 Å². The van der Waals surface area contributed by atoms with Gasteiger partial charge in [-0.2, -0.15) is 0 Å². The molecule has 82 valence electrons. The molecule has 0 N–H and O–H groups in total. The molecule has 4 nitrogen and oxygen atoms in total. The van der Waals surface area contributed by atoms with Crippen LogP contribution in [-0.4, -0.2) is 13.4 Å². The van der Waals surface area contributed by atoms with E-state index in [2.05, 4.69) is 0 Å². The molecule has 0 aliphatic carbocycles. The third kappa shape index (κ3) is 2.06. The summed E-state index contributed by atoms with van der Waals surface area (Å²) in [7, 11) is 1.56. The molecule has 2 rings (SSSR count). The summed E-state index contributed by atoms with van der Waals surface area (Å²) in [4.78, 5) is 10.4. The van der Waals surface area contributed by atoms with Crippen LogP contribution in [0.15, 0.2) is 40.8 Å². The van der Waals surface area contributed by atoms with Gasteiger partial charge in [0, 0.05) is 6.07 Å². The quantitative estimate of drug-likeness (QED) is 0.740. The van der Waals surface area contributed by atoms with Gasteiger partial charge < -0.3 is 13.9 Å². The van der Waals surface area contributed by atoms with Crippen molar-refractivity contribution in [3.05, 3.63) is 42.2 Å². The second-order valence-electron chi connectivity index (χ2n) is 3.03. The van der Waals surface area contributed by atoms with E-state index in [4.69, 9.17) is 13.9 Å². The number of hydrogen-bond acceptors (Lipinski definition) is 4. The summed E-state index contributed by atoms with van der Waals surface area (Å²) in [5.41, 5.74) is 0. The maximum Gasteiger partial charge on any atom is 0.290 e. The van der Waals surface area contributed by atoms with Crippen molar-refractivity contribution in [2.75, 3.05) is 7.11 Å². The Morgan fingerprint density at radius 2 is 1.88 bits per heavy atom. The molecule has 0 radical (unpaired) electrons. The highest BCUT2D eigenvalue weighted by Crippen LogP contribution is 2.31. The number of para-hydroxylation sites is 2. The molecule has 1 aromatic carbocycles. The van der Waals surface area contributed by atoms with E-state index in [-0.39, 0.29) is 11.7 Å². The standard InChI is InChI=1S/C12H10O4/c1-14-10-4-2-3-5-11(10)16-12-7-6-9(8-13)15-12/h2-8H,1H3. The zero-order valence-electron chi connectivity index (χ0n) is 8.67. The summed E-state index contributed by atoms with van der Waals surface area (Å²) in [6.07, 6.45) is 0.620. The van der Waals surface area contributed by atoms with Crippen LogP contribution in [0.4, 0.5) is 0 Å². The number of benzene rings is 1. The smallest absolute Gasteiger partial charge is 0.290 e. The minimum Gasteiger partial charge on any atom is -0.493 e. The van der Waals surface area contributed by atoms with Gasteiger partial charge >= 0.3 is 0 Å². The molecule has 0 atom stereocenters. The average Bonchev–Trinajstić information content (AvgIpc) is 2.77. The highest BCUT2D eigenvalue weighted by Gasteiger charge is 2.07. The van der Waals surface area contributed by atoms with E-state index < -0.39 is 0 Å². The lowest BCUT2D eigenvalue weighted by molar-refractivity contribution is 0.109. The normalized spacial score (nSPS) is 9.81. The van der Waals surface area contributed by atoms with E-state index in [1.807, 2.05) is 12.1 Å². The monoisotopic (exact) mass is 218 g/mol. The Balaban J connectivity index is 2.22. The van der Waals surface area contributed by atoms with Crippen molar-refractivity contribution in [3.63, 3.8) is 0 Å². The van der Waals surface area contributed by atoms with Gasteiger partial charge in [-0.05, 0) is 18.2 Å². The molecule has 0 bridgehead atoms. The molecule has 4 heteroatoms. The fourth-order valence-electron chi connectivity index (χ4n) is 1.26. The van der Waals surface area contributed by atoms with Crippen LogP contribution in [0.25, 0.3) is 0 Å². The van der Waals surface area contributed by atoms with Gasteiger partial charge in [0.05, 0.1) is 7.11 Å². The molecular weight excluding hydrogens is 208 g/mol. The molecule has 0 saturated carbocycles. The number of carbonyl (C=O) groups is 1. The SMILES string of the molecule is COc1ccccc1Oc1ccc(C=O)o1. The van der Waals surface area contributed by atoms with Crippen LogP contribution in [0.3, 0.4) is 0 Å². The summed E-state index contributed by atoms with van der Waals surface area (Å²) in [5.74, 6) is 1.62. The Kier molecular flexibility index (Phi) is 2.91. The van der Waals surface area contributed by atoms with Crippen LogP contribution in [0, 0.1) is 0 Å². The van der Waals surface area contributed by atoms with Crippen molar-refractivity contribution >= 4 is 6.29 Å². The fraction of sp³-hybridized carbons (Fsp3) is 0.0833. The fourth-order valence-corrected chi connectivity index (χ4v) is 1.26. The minimum absolute atomic E-state index is 0.227. The summed E-state index contributed by atoms with van der Waals surface area (Å²) in [6.45, 7) is 0. The third-order valence-corrected chi connectivity index (χ3v) is 2.00. The average molecular weight is 218 g/mol.